The predicted molar refractivity (Wildman–Crippen MR) is 76.1 cm³/mol. The second-order valence-corrected chi connectivity index (χ2v) is 6.16. The number of halogens is 3. The first-order chi connectivity index (χ1) is 10.3. The number of rotatable bonds is 4. The van der Waals surface area contributed by atoms with Crippen LogP contribution in [0.4, 0.5) is 13.2 Å². The summed E-state index contributed by atoms with van der Waals surface area (Å²) in [6.45, 7) is 1.84. The highest BCUT2D eigenvalue weighted by Crippen LogP contribution is 2.37. The molecule has 0 aromatic heterocycles. The standard InChI is InChI=1S/C16H20F3NO2/c1-15(10-21)8-4-7-13(15)20-14(22)9-11-5-2-3-6-12(11)16(17,18)19/h2-3,5-6,13,21H,4,7-10H2,1H3,(H,20,22)/t13-,15+/m1/s1. The minimum absolute atomic E-state index is 0.0313. The Bertz CT molecular complexity index is 544. The topological polar surface area (TPSA) is 49.3 Å². The van der Waals surface area contributed by atoms with Gasteiger partial charge in [-0.05, 0) is 24.5 Å². The Labute approximate surface area is 127 Å². The van der Waals surface area contributed by atoms with Gasteiger partial charge in [0.1, 0.15) is 0 Å². The van der Waals surface area contributed by atoms with Gasteiger partial charge in [-0.1, -0.05) is 31.5 Å². The molecule has 2 atom stereocenters. The third kappa shape index (κ3) is 3.61. The van der Waals surface area contributed by atoms with Crippen LogP contribution < -0.4 is 5.32 Å². The van der Waals surface area contributed by atoms with Gasteiger partial charge in [-0.15, -0.1) is 0 Å². The third-order valence-electron chi connectivity index (χ3n) is 4.45. The van der Waals surface area contributed by atoms with Gasteiger partial charge in [0.05, 0.1) is 18.6 Å². The van der Waals surface area contributed by atoms with Crippen molar-refractivity contribution in [3.8, 4) is 0 Å². The zero-order valence-electron chi connectivity index (χ0n) is 12.4. The van der Waals surface area contributed by atoms with E-state index in [2.05, 4.69) is 5.32 Å². The molecule has 1 saturated carbocycles. The lowest BCUT2D eigenvalue weighted by molar-refractivity contribution is -0.138. The van der Waals surface area contributed by atoms with Gasteiger partial charge in [0.15, 0.2) is 0 Å². The number of alkyl halides is 3. The van der Waals surface area contributed by atoms with E-state index in [4.69, 9.17) is 0 Å². The van der Waals surface area contributed by atoms with Crippen molar-refractivity contribution in [1.82, 2.24) is 5.32 Å². The second-order valence-electron chi connectivity index (χ2n) is 6.16. The van der Waals surface area contributed by atoms with Gasteiger partial charge >= 0.3 is 6.18 Å². The molecule has 1 amide bonds. The maximum Gasteiger partial charge on any atom is 0.416 e. The molecule has 2 rings (SSSR count). The monoisotopic (exact) mass is 315 g/mol. The second kappa shape index (κ2) is 6.28. The number of amides is 1. The van der Waals surface area contributed by atoms with Gasteiger partial charge < -0.3 is 10.4 Å². The summed E-state index contributed by atoms with van der Waals surface area (Å²) in [4.78, 5) is 12.1. The first-order valence-corrected chi connectivity index (χ1v) is 7.31. The van der Waals surface area contributed by atoms with Gasteiger partial charge in [-0.3, -0.25) is 4.79 Å². The molecule has 1 fully saturated rings. The van der Waals surface area contributed by atoms with Crippen molar-refractivity contribution in [3.63, 3.8) is 0 Å². The van der Waals surface area contributed by atoms with E-state index in [1.54, 1.807) is 0 Å². The predicted octanol–water partition coefficient (Wildman–Crippen LogP) is 2.92. The van der Waals surface area contributed by atoms with Crippen molar-refractivity contribution in [3.05, 3.63) is 35.4 Å². The smallest absolute Gasteiger partial charge is 0.396 e. The van der Waals surface area contributed by atoms with Crippen LogP contribution in [0.15, 0.2) is 24.3 Å². The average molecular weight is 315 g/mol. The highest BCUT2D eigenvalue weighted by molar-refractivity contribution is 5.79. The number of hydrogen-bond donors (Lipinski definition) is 2. The largest absolute Gasteiger partial charge is 0.416 e. The minimum Gasteiger partial charge on any atom is -0.396 e. The first kappa shape index (κ1) is 16.8. The Hall–Kier alpha value is -1.56. The fourth-order valence-electron chi connectivity index (χ4n) is 3.04. The quantitative estimate of drug-likeness (QED) is 0.897. The van der Waals surface area contributed by atoms with E-state index in [1.165, 1.54) is 18.2 Å². The van der Waals surface area contributed by atoms with E-state index < -0.39 is 17.6 Å². The lowest BCUT2D eigenvalue weighted by Gasteiger charge is -2.30. The summed E-state index contributed by atoms with van der Waals surface area (Å²) >= 11 is 0. The maximum absolute atomic E-state index is 12.9. The van der Waals surface area contributed by atoms with Gasteiger partial charge in [-0.25, -0.2) is 0 Å². The van der Waals surface area contributed by atoms with E-state index in [0.29, 0.717) is 0 Å². The van der Waals surface area contributed by atoms with Gasteiger partial charge in [0.2, 0.25) is 5.91 Å². The molecule has 0 radical (unpaired) electrons. The molecular weight excluding hydrogens is 295 g/mol. The van der Waals surface area contributed by atoms with Gasteiger partial charge in [-0.2, -0.15) is 13.2 Å². The molecule has 0 saturated heterocycles. The molecule has 1 aromatic rings. The van der Waals surface area contributed by atoms with E-state index in [1.807, 2.05) is 6.92 Å². The average Bonchev–Trinajstić information content (AvgIpc) is 2.80. The zero-order valence-corrected chi connectivity index (χ0v) is 12.4. The highest BCUT2D eigenvalue weighted by atomic mass is 19.4. The molecule has 0 spiro atoms. The number of nitrogens with one attached hydrogen (secondary N) is 1. The molecule has 0 aliphatic heterocycles. The summed E-state index contributed by atoms with van der Waals surface area (Å²) in [6.07, 6.45) is -2.35. The van der Waals surface area contributed by atoms with Crippen LogP contribution in [0.5, 0.6) is 0 Å². The Morgan fingerprint density at radius 1 is 1.41 bits per heavy atom. The SMILES string of the molecule is C[C@@]1(CO)CCC[C@H]1NC(=O)Cc1ccccc1C(F)(F)F. The van der Waals surface area contributed by atoms with Gasteiger partial charge in [0, 0.05) is 11.5 Å². The molecule has 6 heteroatoms. The molecule has 2 N–H and O–H groups in total. The number of aliphatic hydroxyl groups excluding tert-OH is 1. The summed E-state index contributed by atoms with van der Waals surface area (Å²) in [5.41, 5.74) is -1.20. The molecule has 1 aromatic carbocycles. The van der Waals surface area contributed by atoms with Crippen LogP contribution in [-0.2, 0) is 17.4 Å². The Morgan fingerprint density at radius 3 is 2.73 bits per heavy atom. The van der Waals surface area contributed by atoms with E-state index in [-0.39, 0.29) is 30.0 Å². The lowest BCUT2D eigenvalue weighted by Crippen LogP contribution is -2.45. The fourth-order valence-corrected chi connectivity index (χ4v) is 3.04. The van der Waals surface area contributed by atoms with Crippen LogP contribution in [0.25, 0.3) is 0 Å². The summed E-state index contributed by atoms with van der Waals surface area (Å²) in [5, 5.41) is 12.2. The normalized spacial score (nSPS) is 25.2. The summed E-state index contributed by atoms with van der Waals surface area (Å²) in [7, 11) is 0. The van der Waals surface area contributed by atoms with Crippen molar-refractivity contribution in [2.45, 2.75) is 44.8 Å². The van der Waals surface area contributed by atoms with Crippen LogP contribution in [-0.4, -0.2) is 23.7 Å². The molecular formula is C16H20F3NO2. The van der Waals surface area contributed by atoms with Crippen molar-refractivity contribution in [1.29, 1.82) is 0 Å². The molecule has 1 aliphatic carbocycles. The van der Waals surface area contributed by atoms with Crippen LogP contribution in [0.3, 0.4) is 0 Å². The number of benzene rings is 1. The Morgan fingerprint density at radius 2 is 2.09 bits per heavy atom. The van der Waals surface area contributed by atoms with Crippen molar-refractivity contribution in [2.24, 2.45) is 5.41 Å². The number of hydrogen-bond acceptors (Lipinski definition) is 2. The molecule has 0 unspecified atom stereocenters. The number of carbonyl (C=O) groups is 1. The van der Waals surface area contributed by atoms with Crippen molar-refractivity contribution in [2.75, 3.05) is 6.61 Å². The number of carbonyl (C=O) groups excluding carboxylic acids is 1. The molecule has 0 bridgehead atoms. The molecule has 122 valence electrons. The van der Waals surface area contributed by atoms with Crippen LogP contribution >= 0.6 is 0 Å². The summed E-state index contributed by atoms with van der Waals surface area (Å²) < 4.78 is 38.7. The fraction of sp³-hybridized carbons (Fsp3) is 0.562. The van der Waals surface area contributed by atoms with Crippen LogP contribution in [0, 0.1) is 5.41 Å². The van der Waals surface area contributed by atoms with Crippen LogP contribution in [0.1, 0.15) is 37.3 Å². The molecule has 3 nitrogen and oxygen atoms in total. The Balaban J connectivity index is 2.07. The Kier molecular flexibility index (Phi) is 4.80. The molecule has 1 aliphatic rings. The van der Waals surface area contributed by atoms with Crippen molar-refractivity contribution < 1.29 is 23.1 Å². The summed E-state index contributed by atoms with van der Waals surface area (Å²) in [6, 6.07) is 4.91. The minimum atomic E-state index is -4.47. The van der Waals surface area contributed by atoms with E-state index >= 15 is 0 Å². The van der Waals surface area contributed by atoms with Gasteiger partial charge in [0.25, 0.3) is 0 Å². The van der Waals surface area contributed by atoms with E-state index in [9.17, 15) is 23.1 Å². The summed E-state index contributed by atoms with van der Waals surface area (Å²) in [5.74, 6) is -0.441. The zero-order chi connectivity index (χ0) is 16.4. The molecule has 22 heavy (non-hydrogen) atoms. The third-order valence-corrected chi connectivity index (χ3v) is 4.45. The number of aliphatic hydroxyl groups is 1. The van der Waals surface area contributed by atoms with Crippen LogP contribution in [0.2, 0.25) is 0 Å². The van der Waals surface area contributed by atoms with E-state index in [0.717, 1.165) is 25.3 Å². The first-order valence-electron chi connectivity index (χ1n) is 7.31. The molecule has 0 heterocycles. The van der Waals surface area contributed by atoms with Crippen molar-refractivity contribution >= 4 is 5.91 Å². The lowest BCUT2D eigenvalue weighted by atomic mass is 9.85. The maximum atomic E-state index is 12.9. The highest BCUT2D eigenvalue weighted by Gasteiger charge is 2.39.